The van der Waals surface area contributed by atoms with Crippen LogP contribution in [0.2, 0.25) is 0 Å². The first-order chi connectivity index (χ1) is 17.2. The van der Waals surface area contributed by atoms with Crippen LogP contribution in [0.3, 0.4) is 0 Å². The molecular formula is C26H32N8O. The van der Waals surface area contributed by atoms with E-state index in [1.165, 1.54) is 25.7 Å². The number of hydrogen-bond acceptors (Lipinski definition) is 7. The van der Waals surface area contributed by atoms with Crippen molar-refractivity contribution in [3.8, 4) is 5.95 Å². The van der Waals surface area contributed by atoms with Crippen LogP contribution in [0.4, 0.5) is 5.82 Å². The number of rotatable bonds is 5. The molecule has 0 radical (unpaired) electrons. The Morgan fingerprint density at radius 2 is 1.89 bits per heavy atom. The number of anilines is 1. The molecule has 1 N–H and O–H groups in total. The molecule has 9 heteroatoms. The lowest BCUT2D eigenvalue weighted by molar-refractivity contribution is 0.122. The van der Waals surface area contributed by atoms with Crippen molar-refractivity contribution >= 4 is 28.0 Å². The van der Waals surface area contributed by atoms with Crippen molar-refractivity contribution in [1.82, 2.24) is 34.4 Å². The third kappa shape index (κ3) is 3.51. The molecule has 0 amide bonds. The van der Waals surface area contributed by atoms with Crippen molar-refractivity contribution in [2.45, 2.75) is 45.2 Å². The van der Waals surface area contributed by atoms with Crippen LogP contribution in [-0.4, -0.2) is 61.4 Å². The summed E-state index contributed by atoms with van der Waals surface area (Å²) >= 11 is 0. The molecule has 3 aromatic heterocycles. The average Bonchev–Trinajstić information content (AvgIpc) is 3.65. The Bertz CT molecular complexity index is 1400. The molecule has 1 aromatic carbocycles. The normalized spacial score (nSPS) is 24.3. The van der Waals surface area contributed by atoms with Gasteiger partial charge in [0.05, 0.1) is 30.8 Å². The molecule has 182 valence electrons. The van der Waals surface area contributed by atoms with Crippen molar-refractivity contribution < 1.29 is 4.74 Å². The second kappa shape index (κ2) is 8.27. The highest BCUT2D eigenvalue weighted by Crippen LogP contribution is 2.44. The van der Waals surface area contributed by atoms with Gasteiger partial charge in [-0.3, -0.25) is 4.57 Å². The second-order valence-corrected chi connectivity index (χ2v) is 10.4. The Hall–Kier alpha value is -3.04. The van der Waals surface area contributed by atoms with Crippen LogP contribution >= 0.6 is 0 Å². The van der Waals surface area contributed by atoms with E-state index in [0.717, 1.165) is 71.1 Å². The molecule has 4 heterocycles. The molecule has 3 fully saturated rings. The third-order valence-electron chi connectivity index (χ3n) is 8.28. The highest BCUT2D eigenvalue weighted by molar-refractivity contribution is 5.86. The molecule has 7 rings (SSSR count). The van der Waals surface area contributed by atoms with Crippen LogP contribution < -0.4 is 10.2 Å². The Morgan fingerprint density at radius 3 is 2.69 bits per heavy atom. The number of nitrogens with one attached hydrogen (secondary N) is 1. The molecule has 2 bridgehead atoms. The summed E-state index contributed by atoms with van der Waals surface area (Å²) in [7, 11) is 2.08. The van der Waals surface area contributed by atoms with Crippen molar-refractivity contribution in [2.24, 2.45) is 18.9 Å². The van der Waals surface area contributed by atoms with Crippen molar-refractivity contribution in [3.63, 3.8) is 0 Å². The van der Waals surface area contributed by atoms with Crippen molar-refractivity contribution in [1.29, 1.82) is 0 Å². The van der Waals surface area contributed by atoms with E-state index in [4.69, 9.17) is 24.7 Å². The molecule has 1 saturated heterocycles. The van der Waals surface area contributed by atoms with Gasteiger partial charge in [-0.2, -0.15) is 9.97 Å². The predicted octanol–water partition coefficient (Wildman–Crippen LogP) is 3.13. The van der Waals surface area contributed by atoms with E-state index in [2.05, 4.69) is 32.5 Å². The number of morpholine rings is 1. The first-order valence-corrected chi connectivity index (χ1v) is 12.9. The quantitative estimate of drug-likeness (QED) is 0.478. The zero-order chi connectivity index (χ0) is 23.5. The van der Waals surface area contributed by atoms with E-state index in [0.29, 0.717) is 25.2 Å². The minimum absolute atomic E-state index is 0.619. The largest absolute Gasteiger partial charge is 0.378 e. The van der Waals surface area contributed by atoms with Gasteiger partial charge in [0, 0.05) is 26.2 Å². The fourth-order valence-corrected chi connectivity index (χ4v) is 6.45. The first-order valence-electron chi connectivity index (χ1n) is 12.9. The Labute approximate surface area is 204 Å². The summed E-state index contributed by atoms with van der Waals surface area (Å²) in [5, 5.41) is 3.83. The van der Waals surface area contributed by atoms with E-state index in [1.54, 1.807) is 0 Å². The van der Waals surface area contributed by atoms with Crippen LogP contribution in [0.5, 0.6) is 0 Å². The summed E-state index contributed by atoms with van der Waals surface area (Å²) in [6, 6.07) is 8.77. The smallest absolute Gasteiger partial charge is 0.239 e. The number of aryl methyl sites for hydroxylation is 2. The van der Waals surface area contributed by atoms with E-state index in [1.807, 2.05) is 25.1 Å². The van der Waals surface area contributed by atoms with Gasteiger partial charge in [0.1, 0.15) is 11.6 Å². The molecular weight excluding hydrogens is 440 g/mol. The maximum absolute atomic E-state index is 5.63. The number of ether oxygens (including phenoxy) is 1. The molecule has 35 heavy (non-hydrogen) atoms. The van der Waals surface area contributed by atoms with Crippen LogP contribution in [0.15, 0.2) is 24.3 Å². The lowest BCUT2D eigenvalue weighted by Gasteiger charge is -2.28. The van der Waals surface area contributed by atoms with Gasteiger partial charge in [-0.15, -0.1) is 0 Å². The van der Waals surface area contributed by atoms with Crippen LogP contribution in [0, 0.1) is 18.8 Å². The molecule has 9 nitrogen and oxygen atoms in total. The van der Waals surface area contributed by atoms with Crippen LogP contribution in [0.25, 0.3) is 28.1 Å². The molecule has 0 spiro atoms. The zero-order valence-electron chi connectivity index (χ0n) is 20.4. The summed E-state index contributed by atoms with van der Waals surface area (Å²) < 4.78 is 9.82. The molecule has 3 aliphatic rings. The van der Waals surface area contributed by atoms with Crippen LogP contribution in [-0.2, 0) is 18.3 Å². The molecule has 2 saturated carbocycles. The zero-order valence-corrected chi connectivity index (χ0v) is 20.4. The summed E-state index contributed by atoms with van der Waals surface area (Å²) in [5.74, 6) is 5.16. The number of fused-ring (bicyclic) bond motifs is 4. The maximum atomic E-state index is 5.63. The molecule has 2 aliphatic carbocycles. The van der Waals surface area contributed by atoms with E-state index < -0.39 is 0 Å². The van der Waals surface area contributed by atoms with Gasteiger partial charge in [-0.25, -0.2) is 9.97 Å². The van der Waals surface area contributed by atoms with Crippen molar-refractivity contribution in [2.75, 3.05) is 31.2 Å². The van der Waals surface area contributed by atoms with Gasteiger partial charge >= 0.3 is 0 Å². The van der Waals surface area contributed by atoms with Gasteiger partial charge in [0.15, 0.2) is 17.0 Å². The number of nitrogens with zero attached hydrogens (tertiary/aromatic N) is 7. The maximum Gasteiger partial charge on any atom is 0.239 e. The van der Waals surface area contributed by atoms with E-state index >= 15 is 0 Å². The SMILES string of the molecule is Cc1nc2ccccc2n1-c1nc(N2CCOCC2)c2nc(CNC3CC4CCC3C4)n(C)c2n1. The van der Waals surface area contributed by atoms with Crippen molar-refractivity contribution in [3.05, 3.63) is 35.9 Å². The summed E-state index contributed by atoms with van der Waals surface area (Å²) in [6.07, 6.45) is 5.50. The minimum atomic E-state index is 0.619. The second-order valence-electron chi connectivity index (χ2n) is 10.4. The summed E-state index contributed by atoms with van der Waals surface area (Å²) in [4.78, 5) is 22.3. The number of benzene rings is 1. The van der Waals surface area contributed by atoms with Gasteiger partial charge in [-0.05, 0) is 50.2 Å². The van der Waals surface area contributed by atoms with E-state index in [9.17, 15) is 0 Å². The lowest BCUT2D eigenvalue weighted by Crippen LogP contribution is -2.37. The highest BCUT2D eigenvalue weighted by Gasteiger charge is 2.39. The highest BCUT2D eigenvalue weighted by atomic mass is 16.5. The van der Waals surface area contributed by atoms with Gasteiger partial charge in [-0.1, -0.05) is 18.6 Å². The Balaban J connectivity index is 1.32. The standard InChI is InChI=1S/C26H32N8O/c1-16-28-19-5-3-4-6-21(19)34(16)26-30-24-23(25(31-26)33-9-11-35-12-10-33)29-22(32(24)2)15-27-20-14-17-7-8-18(20)13-17/h3-6,17-18,20,27H,7-15H2,1-2H3. The van der Waals surface area contributed by atoms with Gasteiger partial charge in [0.2, 0.25) is 5.95 Å². The number of imidazole rings is 2. The molecule has 1 aliphatic heterocycles. The molecule has 4 aromatic rings. The third-order valence-corrected chi connectivity index (χ3v) is 8.28. The Morgan fingerprint density at radius 1 is 1.03 bits per heavy atom. The minimum Gasteiger partial charge on any atom is -0.378 e. The van der Waals surface area contributed by atoms with Gasteiger partial charge in [0.25, 0.3) is 0 Å². The van der Waals surface area contributed by atoms with E-state index in [-0.39, 0.29) is 0 Å². The number of para-hydroxylation sites is 2. The topological polar surface area (TPSA) is 85.9 Å². The monoisotopic (exact) mass is 472 g/mol. The first kappa shape index (κ1) is 21.3. The van der Waals surface area contributed by atoms with Crippen LogP contribution in [0.1, 0.15) is 37.3 Å². The fourth-order valence-electron chi connectivity index (χ4n) is 6.45. The summed E-state index contributed by atoms with van der Waals surface area (Å²) in [5.41, 5.74) is 3.68. The Kier molecular flexibility index (Phi) is 5.02. The lowest BCUT2D eigenvalue weighted by atomic mass is 9.95. The van der Waals surface area contributed by atoms with Gasteiger partial charge < -0.3 is 19.5 Å². The average molecular weight is 473 g/mol. The number of aromatic nitrogens is 6. The molecule has 3 unspecified atom stereocenters. The number of hydrogen-bond donors (Lipinski definition) is 1. The summed E-state index contributed by atoms with van der Waals surface area (Å²) in [6.45, 7) is 5.75. The predicted molar refractivity (Wildman–Crippen MR) is 135 cm³/mol. The fraction of sp³-hybridized carbons (Fsp3) is 0.538. The molecule has 3 atom stereocenters.